The molecule has 0 radical (unpaired) electrons. The summed E-state index contributed by atoms with van der Waals surface area (Å²) in [6, 6.07) is 17.1. The van der Waals surface area contributed by atoms with Crippen LogP contribution in [0.25, 0.3) is 0 Å². The molecule has 3 rings (SSSR count). The molecule has 0 unspecified atom stereocenters. The van der Waals surface area contributed by atoms with Gasteiger partial charge in [-0.15, -0.1) is 0 Å². The number of amides is 1. The molecule has 11 heteroatoms. The number of hydrogen-bond acceptors (Lipinski definition) is 9. The van der Waals surface area contributed by atoms with E-state index in [1.54, 1.807) is 0 Å². The minimum absolute atomic E-state index is 0. The van der Waals surface area contributed by atoms with Crippen molar-refractivity contribution in [1.29, 1.82) is 0 Å². The molecule has 3 aromatic rings. The van der Waals surface area contributed by atoms with Crippen molar-refractivity contribution in [3.63, 3.8) is 0 Å². The highest BCUT2D eigenvalue weighted by molar-refractivity contribution is 6.33. The molecule has 3 N–H and O–H groups in total. The maximum Gasteiger partial charge on any atom is 0.305 e. The van der Waals surface area contributed by atoms with Gasteiger partial charge in [0.2, 0.25) is 5.95 Å². The summed E-state index contributed by atoms with van der Waals surface area (Å²) < 4.78 is 9.11. The largest absolute Gasteiger partial charge is 0.469 e. The number of carbonyl (C=O) groups excluding carboxylic acids is 3. The van der Waals surface area contributed by atoms with Gasteiger partial charge < -0.3 is 20.5 Å². The van der Waals surface area contributed by atoms with Crippen molar-refractivity contribution in [2.24, 2.45) is 5.73 Å². The first-order chi connectivity index (χ1) is 22.4. The van der Waals surface area contributed by atoms with Crippen molar-refractivity contribution in [2.75, 3.05) is 32.2 Å². The van der Waals surface area contributed by atoms with Crippen LogP contribution < -0.4 is 16.0 Å². The van der Waals surface area contributed by atoms with Crippen molar-refractivity contribution in [3.8, 4) is 0 Å². The topological polar surface area (TPSA) is 137 Å². The molecule has 0 atom stereocenters. The van der Waals surface area contributed by atoms with Gasteiger partial charge in [0.05, 0.1) is 30.5 Å². The molecule has 1 amide bonds. The number of hydrogen-bond donors (Lipinski definition) is 2. The molecule has 47 heavy (non-hydrogen) atoms. The predicted octanol–water partition coefficient (Wildman–Crippen LogP) is 8.18. The van der Waals surface area contributed by atoms with E-state index < -0.39 is 0 Å². The number of nitrogens with one attached hydrogen (secondary N) is 1. The van der Waals surface area contributed by atoms with Crippen molar-refractivity contribution in [1.82, 2.24) is 15.3 Å². The van der Waals surface area contributed by atoms with E-state index in [2.05, 4.69) is 24.8 Å². The Bertz CT molecular complexity index is 1260. The number of carbonyl (C=O) groups is 3. The molecule has 10 nitrogen and oxygen atoms in total. The zero-order chi connectivity index (χ0) is 34.0. The molecule has 0 saturated carbocycles. The molecule has 0 bridgehead atoms. The second-order valence-electron chi connectivity index (χ2n) is 9.92. The fraction of sp³-hybridized carbons (Fsp3) is 0.472. The van der Waals surface area contributed by atoms with Gasteiger partial charge in [-0.3, -0.25) is 19.3 Å². The predicted molar refractivity (Wildman–Crippen MR) is 191 cm³/mol. The number of benzene rings is 2. The van der Waals surface area contributed by atoms with Crippen molar-refractivity contribution < 1.29 is 23.9 Å². The molecule has 260 valence electrons. The number of para-hydroxylation sites is 2. The van der Waals surface area contributed by atoms with E-state index in [9.17, 15) is 14.4 Å². The lowest BCUT2D eigenvalue weighted by molar-refractivity contribution is -0.141. The van der Waals surface area contributed by atoms with Crippen molar-refractivity contribution in [2.45, 2.75) is 85.5 Å². The van der Waals surface area contributed by atoms with Crippen LogP contribution in [0.15, 0.2) is 67.0 Å². The van der Waals surface area contributed by atoms with Gasteiger partial charge in [-0.2, -0.15) is 0 Å². The van der Waals surface area contributed by atoms with E-state index in [4.69, 9.17) is 17.3 Å². The van der Waals surface area contributed by atoms with Crippen LogP contribution in [0.2, 0.25) is 5.02 Å². The third-order valence-corrected chi connectivity index (χ3v) is 6.91. The summed E-state index contributed by atoms with van der Waals surface area (Å²) in [7, 11) is 2.81. The summed E-state index contributed by atoms with van der Waals surface area (Å²) >= 11 is 6.44. The minimum Gasteiger partial charge on any atom is -0.469 e. The van der Waals surface area contributed by atoms with Gasteiger partial charge in [0.25, 0.3) is 5.91 Å². The van der Waals surface area contributed by atoms with Crippen LogP contribution in [0.5, 0.6) is 0 Å². The minimum atomic E-state index is -0.222. The van der Waals surface area contributed by atoms with Crippen LogP contribution in [-0.2, 0) is 19.1 Å². The van der Waals surface area contributed by atoms with Crippen LogP contribution in [0.1, 0.15) is 95.8 Å². The van der Waals surface area contributed by atoms with Crippen LogP contribution >= 0.6 is 11.6 Å². The molecule has 0 spiro atoms. The Balaban J connectivity index is 0.00000129. The number of nitrogens with zero attached hydrogens (tertiary/aromatic N) is 3. The zero-order valence-electron chi connectivity index (χ0n) is 27.7. The number of nitrogens with two attached hydrogens (primary N) is 1. The number of anilines is 3. The average molecular weight is 672 g/mol. The summed E-state index contributed by atoms with van der Waals surface area (Å²) in [6.07, 6.45) is 11.6. The lowest BCUT2D eigenvalue weighted by atomic mass is 10.1. The quantitative estimate of drug-likeness (QED) is 0.107. The van der Waals surface area contributed by atoms with Gasteiger partial charge in [0, 0.05) is 37.5 Å². The van der Waals surface area contributed by atoms with E-state index in [1.807, 2.05) is 73.3 Å². The molecular formula is C36H54ClN5O5. The molecule has 0 saturated heterocycles. The maximum atomic E-state index is 12.4. The fourth-order valence-electron chi connectivity index (χ4n) is 4.15. The maximum absolute atomic E-state index is 12.4. The molecule has 1 aromatic heterocycles. The smallest absolute Gasteiger partial charge is 0.305 e. The number of unbranched alkanes of at least 4 members (excludes halogenated alkanes) is 6. The van der Waals surface area contributed by atoms with Crippen LogP contribution in [0, 0.1) is 0 Å². The molecule has 2 aromatic carbocycles. The molecule has 0 aliphatic heterocycles. The highest BCUT2D eigenvalue weighted by Crippen LogP contribution is 2.36. The number of rotatable bonds is 17. The second kappa shape index (κ2) is 27.1. The third kappa shape index (κ3) is 17.5. The number of ether oxygens (including phenoxy) is 2. The Labute approximate surface area is 286 Å². The first-order valence-electron chi connectivity index (χ1n) is 15.9. The standard InChI is InChI=1S/C25H27ClN4O3.C8H17NO2.C2H6.CH4/c1-33-23(31)15-7-2-3-10-16-27-24(32)19-17-28-25(29-18-19)30(20-11-5-4-6-12-20)22-14-9-8-13-21(22)26;1-11-8(10)6-4-2-3-5-7-9;1-2;/h4-6,8-9,11-14,17-18H,2-3,7,10,15-16H2,1H3,(H,27,32);2-7,9H2,1H3;1-2H3;1H4. The highest BCUT2D eigenvalue weighted by atomic mass is 35.5. The first kappa shape index (κ1) is 43.0. The Hall–Kier alpha value is -4.02. The van der Waals surface area contributed by atoms with Crippen LogP contribution in [-0.4, -0.2) is 55.1 Å². The number of aromatic nitrogens is 2. The van der Waals surface area contributed by atoms with E-state index in [0.717, 1.165) is 69.3 Å². The van der Waals surface area contributed by atoms with Crippen LogP contribution in [0.4, 0.5) is 17.3 Å². The van der Waals surface area contributed by atoms with Gasteiger partial charge >= 0.3 is 11.9 Å². The Morgan fingerprint density at radius 2 is 1.28 bits per heavy atom. The van der Waals surface area contributed by atoms with E-state index in [0.29, 0.717) is 35.9 Å². The molecular weight excluding hydrogens is 618 g/mol. The third-order valence-electron chi connectivity index (χ3n) is 6.59. The highest BCUT2D eigenvalue weighted by Gasteiger charge is 2.18. The number of halogens is 1. The van der Waals surface area contributed by atoms with Crippen LogP contribution in [0.3, 0.4) is 0 Å². The van der Waals surface area contributed by atoms with Gasteiger partial charge in [-0.1, -0.05) is 88.9 Å². The lowest BCUT2D eigenvalue weighted by Crippen LogP contribution is -2.25. The van der Waals surface area contributed by atoms with Gasteiger partial charge in [-0.05, 0) is 56.5 Å². The lowest BCUT2D eigenvalue weighted by Gasteiger charge is -2.23. The monoisotopic (exact) mass is 671 g/mol. The Morgan fingerprint density at radius 1 is 0.766 bits per heavy atom. The van der Waals surface area contributed by atoms with Crippen molar-refractivity contribution >= 4 is 46.8 Å². The first-order valence-corrected chi connectivity index (χ1v) is 16.3. The second-order valence-corrected chi connectivity index (χ2v) is 10.3. The zero-order valence-corrected chi connectivity index (χ0v) is 28.4. The molecule has 0 aliphatic carbocycles. The summed E-state index contributed by atoms with van der Waals surface area (Å²) in [5, 5.41) is 3.45. The van der Waals surface area contributed by atoms with Gasteiger partial charge in [0.15, 0.2) is 0 Å². The molecule has 0 aliphatic rings. The Morgan fingerprint density at radius 3 is 1.81 bits per heavy atom. The molecule has 0 fully saturated rings. The summed E-state index contributed by atoms with van der Waals surface area (Å²) in [5.74, 6) is -0.110. The van der Waals surface area contributed by atoms with E-state index in [1.165, 1.54) is 26.6 Å². The van der Waals surface area contributed by atoms with E-state index >= 15 is 0 Å². The fourth-order valence-corrected chi connectivity index (χ4v) is 4.37. The number of esters is 2. The average Bonchev–Trinajstić information content (AvgIpc) is 3.10. The summed E-state index contributed by atoms with van der Waals surface area (Å²) in [5.41, 5.74) is 7.29. The molecule has 1 heterocycles. The van der Waals surface area contributed by atoms with E-state index in [-0.39, 0.29) is 25.3 Å². The van der Waals surface area contributed by atoms with Gasteiger partial charge in [0.1, 0.15) is 0 Å². The summed E-state index contributed by atoms with van der Waals surface area (Å²) in [4.78, 5) is 44.9. The summed E-state index contributed by atoms with van der Waals surface area (Å²) in [6.45, 7) is 5.30. The van der Waals surface area contributed by atoms with Crippen molar-refractivity contribution in [3.05, 3.63) is 77.6 Å². The number of methoxy groups -OCH3 is 2. The Kier molecular flexibility index (Phi) is 24.8. The SMILES string of the molecule is C.CC.COC(=O)CCCCCCN.COC(=O)CCCCCCNC(=O)c1cnc(N(c2ccccc2)c2ccccc2Cl)nc1. The normalized spacial score (nSPS) is 9.74. The van der Waals surface area contributed by atoms with Gasteiger partial charge in [-0.25, -0.2) is 9.97 Å².